The smallest absolute Gasteiger partial charge is 0.379 e. The van der Waals surface area contributed by atoms with Gasteiger partial charge in [-0.15, -0.1) is 0 Å². The van der Waals surface area contributed by atoms with E-state index in [-0.39, 0.29) is 33.1 Å². The summed E-state index contributed by atoms with van der Waals surface area (Å²) < 4.78 is 89.2. The number of Topliss-reactive ketones (excluding diaryl/α,β-unsaturated/α-hetero) is 1. The fourth-order valence-electron chi connectivity index (χ4n) is 7.47. The van der Waals surface area contributed by atoms with Crippen molar-refractivity contribution in [2.75, 3.05) is 21.2 Å². The second-order valence-corrected chi connectivity index (χ2v) is 18.7. The number of carbonyl (C=O) groups is 2. The maximum absolute atomic E-state index is 13.2. The Hall–Kier alpha value is -4.78. The van der Waals surface area contributed by atoms with Crippen molar-refractivity contribution in [3.05, 3.63) is 118 Å². The average molecular weight is 874 g/mol. The molecule has 2 unspecified atom stereocenters. The molecule has 0 fully saturated rings. The van der Waals surface area contributed by atoms with Crippen molar-refractivity contribution in [2.24, 2.45) is 0 Å². The molecule has 58 heavy (non-hydrogen) atoms. The Morgan fingerprint density at radius 1 is 0.724 bits per heavy atom. The van der Waals surface area contributed by atoms with E-state index in [4.69, 9.17) is 23.2 Å². The number of benzene rings is 2. The molecule has 0 saturated carbocycles. The Morgan fingerprint density at radius 2 is 1.22 bits per heavy atom. The first-order valence-electron chi connectivity index (χ1n) is 17.9. The van der Waals surface area contributed by atoms with E-state index in [1.54, 1.807) is 23.7 Å². The lowest BCUT2D eigenvalue weighted by Gasteiger charge is -2.32. The standard InChI is InChI=1S/C21H19ClFN3O5S.C18H17ClFN3O2S/c1-25(32(29,30)14-6-3-12(23)4-7-14)13-5-9-16-18(19(27)21(28)31-2)15-8-10-17(22)24-20(15)26(16)11-13;1-22(26(24,25)16-7-3-13(20)4-8-16)15-6-5-14-10-12-2-9-17(19)21-18(12)23(14)11-15/h3-4,6-8,10,13H,5,9,11H2,1-2H3;2-4,7-10,15H,5-6,11H2,1H3. The maximum Gasteiger partial charge on any atom is 0.379 e. The number of likely N-dealkylation sites (N-methyl/N-ethyl adjacent to an activating group) is 2. The van der Waals surface area contributed by atoms with E-state index in [0.29, 0.717) is 47.7 Å². The number of sulfonamides is 2. The van der Waals surface area contributed by atoms with Gasteiger partial charge < -0.3 is 13.9 Å². The highest BCUT2D eigenvalue weighted by Gasteiger charge is 2.36. The van der Waals surface area contributed by atoms with Crippen LogP contribution in [0.1, 0.15) is 34.6 Å². The monoisotopic (exact) mass is 872 g/mol. The molecule has 19 heteroatoms. The first kappa shape index (κ1) is 41.4. The first-order valence-corrected chi connectivity index (χ1v) is 21.6. The number of ether oxygens (including phenoxy) is 1. The van der Waals surface area contributed by atoms with Crippen LogP contribution >= 0.6 is 23.2 Å². The molecule has 0 N–H and O–H groups in total. The minimum atomic E-state index is -3.88. The maximum atomic E-state index is 13.2. The summed E-state index contributed by atoms with van der Waals surface area (Å²) in [5.41, 5.74) is 3.05. The molecule has 0 bridgehead atoms. The normalized spacial score (nSPS) is 16.8. The molecule has 0 saturated heterocycles. The fourth-order valence-corrected chi connectivity index (χ4v) is 10.5. The second-order valence-electron chi connectivity index (χ2n) is 13.9. The van der Waals surface area contributed by atoms with Gasteiger partial charge in [-0.3, -0.25) is 4.79 Å². The number of aryl methyl sites for hydroxylation is 1. The molecule has 6 aromatic rings. The summed E-state index contributed by atoms with van der Waals surface area (Å²) >= 11 is 12.1. The summed E-state index contributed by atoms with van der Waals surface area (Å²) in [4.78, 5) is 33.4. The number of aromatic nitrogens is 4. The zero-order chi connectivity index (χ0) is 41.7. The highest BCUT2D eigenvalue weighted by molar-refractivity contribution is 7.89. The van der Waals surface area contributed by atoms with Gasteiger partial charge in [0.2, 0.25) is 20.0 Å². The number of methoxy groups -OCH3 is 1. The van der Waals surface area contributed by atoms with Crippen LogP contribution in [0.4, 0.5) is 8.78 Å². The zero-order valence-corrected chi connectivity index (χ0v) is 34.4. The molecular formula is C39H36Cl2F2N6O7S2. The predicted molar refractivity (Wildman–Crippen MR) is 213 cm³/mol. The van der Waals surface area contributed by atoms with Crippen molar-refractivity contribution < 1.29 is 39.9 Å². The molecule has 0 amide bonds. The van der Waals surface area contributed by atoms with Gasteiger partial charge in [-0.1, -0.05) is 23.2 Å². The second kappa shape index (κ2) is 16.1. The molecule has 2 aliphatic rings. The lowest BCUT2D eigenvalue weighted by atomic mass is 10.00. The topological polar surface area (TPSA) is 154 Å². The molecule has 304 valence electrons. The molecule has 2 aromatic carbocycles. The third kappa shape index (κ3) is 7.74. The van der Waals surface area contributed by atoms with Gasteiger partial charge in [-0.25, -0.2) is 40.4 Å². The van der Waals surface area contributed by atoms with Crippen molar-refractivity contribution in [3.8, 4) is 0 Å². The van der Waals surface area contributed by atoms with Gasteiger partial charge in [0.1, 0.15) is 33.2 Å². The number of esters is 1. The van der Waals surface area contributed by atoms with Crippen molar-refractivity contribution in [1.82, 2.24) is 27.7 Å². The Labute approximate surface area is 342 Å². The van der Waals surface area contributed by atoms with Gasteiger partial charge in [-0.05, 0) is 105 Å². The third-order valence-electron chi connectivity index (χ3n) is 10.6. The highest BCUT2D eigenvalue weighted by atomic mass is 35.5. The van der Waals surface area contributed by atoms with Crippen LogP contribution in [-0.4, -0.2) is 89.6 Å². The Bertz CT molecular complexity index is 2800. The van der Waals surface area contributed by atoms with Gasteiger partial charge in [-0.2, -0.15) is 8.61 Å². The van der Waals surface area contributed by atoms with Crippen LogP contribution in [0.15, 0.2) is 88.7 Å². The predicted octanol–water partition coefficient (Wildman–Crippen LogP) is 6.28. The van der Waals surface area contributed by atoms with Crippen LogP contribution in [-0.2, 0) is 55.5 Å². The van der Waals surface area contributed by atoms with E-state index in [9.17, 15) is 35.2 Å². The molecule has 0 aliphatic carbocycles. The van der Waals surface area contributed by atoms with E-state index in [2.05, 4.69) is 20.8 Å². The van der Waals surface area contributed by atoms with E-state index < -0.39 is 49.5 Å². The Balaban J connectivity index is 0.000000180. The number of fused-ring (bicyclic) bond motifs is 6. The molecule has 13 nitrogen and oxygen atoms in total. The van der Waals surface area contributed by atoms with Crippen molar-refractivity contribution in [2.45, 2.75) is 60.6 Å². The first-order chi connectivity index (χ1) is 27.5. The summed E-state index contributed by atoms with van der Waals surface area (Å²) in [5.74, 6) is -2.77. The number of nitrogens with zero attached hydrogens (tertiary/aromatic N) is 6. The van der Waals surface area contributed by atoms with Gasteiger partial charge >= 0.3 is 5.97 Å². The number of carbonyl (C=O) groups excluding carboxylic acids is 2. The Kier molecular flexibility index (Phi) is 11.5. The third-order valence-corrected chi connectivity index (χ3v) is 14.9. The number of ketones is 1. The SMILES string of the molecule is CN(C1CCc2cc3ccc(Cl)nc3n2C1)S(=O)(=O)c1ccc(F)cc1.COC(=O)C(=O)c1c2n(c3nc(Cl)ccc13)CC(N(C)S(=O)(=O)c1ccc(F)cc1)CC2. The van der Waals surface area contributed by atoms with Crippen LogP contribution < -0.4 is 0 Å². The van der Waals surface area contributed by atoms with Crippen molar-refractivity contribution in [3.63, 3.8) is 0 Å². The molecular weight excluding hydrogens is 837 g/mol. The minimum Gasteiger partial charge on any atom is -0.463 e. The van der Waals surface area contributed by atoms with E-state index in [0.717, 1.165) is 54.5 Å². The molecule has 4 aromatic heterocycles. The van der Waals surface area contributed by atoms with Gasteiger partial charge in [0.05, 0.1) is 22.5 Å². The number of hydrogen-bond donors (Lipinski definition) is 0. The molecule has 0 radical (unpaired) electrons. The summed E-state index contributed by atoms with van der Waals surface area (Å²) in [6, 6.07) is 17.7. The summed E-state index contributed by atoms with van der Waals surface area (Å²) in [5, 5.41) is 2.05. The van der Waals surface area contributed by atoms with Crippen LogP contribution in [0, 0.1) is 11.6 Å². The molecule has 2 aliphatic heterocycles. The molecule has 8 rings (SSSR count). The average Bonchev–Trinajstić information content (AvgIpc) is 3.74. The lowest BCUT2D eigenvalue weighted by molar-refractivity contribution is -0.135. The highest BCUT2D eigenvalue weighted by Crippen LogP contribution is 2.34. The fraction of sp³-hybridized carbons (Fsp3) is 0.282. The summed E-state index contributed by atoms with van der Waals surface area (Å²) in [6.07, 6.45) is 2.20. The number of rotatable bonds is 8. The van der Waals surface area contributed by atoms with Crippen LogP contribution in [0.5, 0.6) is 0 Å². The van der Waals surface area contributed by atoms with Gasteiger partial charge in [0, 0.05) is 61.4 Å². The lowest BCUT2D eigenvalue weighted by Crippen LogP contribution is -2.42. The molecule has 6 heterocycles. The van der Waals surface area contributed by atoms with Crippen LogP contribution in [0.3, 0.4) is 0 Å². The van der Waals surface area contributed by atoms with E-state index >= 15 is 0 Å². The van der Waals surface area contributed by atoms with Crippen LogP contribution in [0.2, 0.25) is 10.3 Å². The molecule has 2 atom stereocenters. The van der Waals surface area contributed by atoms with Crippen LogP contribution in [0.25, 0.3) is 22.1 Å². The van der Waals surface area contributed by atoms with Gasteiger partial charge in [0.15, 0.2) is 0 Å². The zero-order valence-electron chi connectivity index (χ0n) is 31.3. The minimum absolute atomic E-state index is 0.0210. The van der Waals surface area contributed by atoms with E-state index in [1.165, 1.54) is 46.0 Å². The van der Waals surface area contributed by atoms with Crippen molar-refractivity contribution in [1.29, 1.82) is 0 Å². The Morgan fingerprint density at radius 3 is 1.78 bits per heavy atom. The summed E-state index contributed by atoms with van der Waals surface area (Å²) in [6.45, 7) is 0.702. The number of pyridine rings is 2. The van der Waals surface area contributed by atoms with Gasteiger partial charge in [0.25, 0.3) is 5.78 Å². The largest absolute Gasteiger partial charge is 0.463 e. The summed E-state index contributed by atoms with van der Waals surface area (Å²) in [7, 11) is -3.42. The molecule has 0 spiro atoms. The van der Waals surface area contributed by atoms with Crippen molar-refractivity contribution >= 4 is 77.1 Å². The quantitative estimate of drug-likeness (QED) is 0.0744. The number of hydrogen-bond acceptors (Lipinski definition) is 9. The van der Waals surface area contributed by atoms with E-state index in [1.807, 2.05) is 10.6 Å². The number of halogens is 4.